The van der Waals surface area contributed by atoms with Gasteiger partial charge in [-0.1, -0.05) is 18.5 Å². The first-order valence-electron chi connectivity index (χ1n) is 6.02. The monoisotopic (exact) mass is 300 g/mol. The van der Waals surface area contributed by atoms with Crippen LogP contribution in [0.3, 0.4) is 0 Å². The summed E-state index contributed by atoms with van der Waals surface area (Å²) in [4.78, 5) is 11.9. The van der Waals surface area contributed by atoms with Crippen LogP contribution >= 0.6 is 11.6 Å². The van der Waals surface area contributed by atoms with Crippen LogP contribution in [0.1, 0.15) is 6.92 Å². The van der Waals surface area contributed by atoms with E-state index in [9.17, 15) is 15.3 Å². The lowest BCUT2D eigenvalue weighted by Crippen LogP contribution is -2.39. The van der Waals surface area contributed by atoms with E-state index < -0.39 is 30.6 Å². The predicted octanol–water partition coefficient (Wildman–Crippen LogP) is -0.530. The molecule has 8 nitrogen and oxygen atoms in total. The fraction of sp³-hybridized carbons (Fsp3) is 0.545. The molecule has 108 valence electrons. The summed E-state index contributed by atoms with van der Waals surface area (Å²) in [6.45, 7) is 1.20. The highest BCUT2D eigenvalue weighted by Crippen LogP contribution is 2.39. The summed E-state index contributed by atoms with van der Waals surface area (Å²) >= 11 is 5.90. The van der Waals surface area contributed by atoms with Gasteiger partial charge < -0.3 is 20.1 Å². The fourth-order valence-electron chi connectivity index (χ4n) is 2.41. The molecule has 2 aromatic heterocycles. The summed E-state index contributed by atoms with van der Waals surface area (Å²) in [5, 5.41) is 30.0. The number of aromatic nitrogens is 4. The molecule has 2 aromatic rings. The van der Waals surface area contributed by atoms with Crippen molar-refractivity contribution in [3.05, 3.63) is 17.8 Å². The molecule has 0 radical (unpaired) electrons. The van der Waals surface area contributed by atoms with Crippen LogP contribution in [0.5, 0.6) is 0 Å². The number of aliphatic hydroxyl groups excluding tert-OH is 2. The van der Waals surface area contributed by atoms with Gasteiger partial charge in [0.25, 0.3) is 5.91 Å². The first-order chi connectivity index (χ1) is 9.49. The van der Waals surface area contributed by atoms with Crippen molar-refractivity contribution in [3.63, 3.8) is 0 Å². The topological polar surface area (TPSA) is 114 Å². The molecule has 0 saturated carbocycles. The van der Waals surface area contributed by atoms with Gasteiger partial charge in [-0.05, 0) is 0 Å². The zero-order valence-electron chi connectivity index (χ0n) is 10.5. The zero-order valence-corrected chi connectivity index (χ0v) is 11.3. The second kappa shape index (κ2) is 4.61. The van der Waals surface area contributed by atoms with Crippen LogP contribution in [0.2, 0.25) is 5.15 Å². The van der Waals surface area contributed by atoms with Gasteiger partial charge in [0, 0.05) is 0 Å². The van der Waals surface area contributed by atoms with Crippen molar-refractivity contribution in [1.29, 1.82) is 0 Å². The number of rotatable bonds is 2. The molecule has 1 saturated heterocycles. The Bertz CT molecular complexity index is 650. The Morgan fingerprint density at radius 3 is 2.85 bits per heavy atom. The number of imidazole rings is 1. The van der Waals surface area contributed by atoms with Gasteiger partial charge in [0.05, 0.1) is 18.6 Å². The van der Waals surface area contributed by atoms with Crippen LogP contribution in [-0.4, -0.2) is 53.7 Å². The van der Waals surface area contributed by atoms with E-state index in [4.69, 9.17) is 16.3 Å². The van der Waals surface area contributed by atoms with Gasteiger partial charge in [-0.3, -0.25) is 4.57 Å². The lowest BCUT2D eigenvalue weighted by Gasteiger charge is -2.28. The van der Waals surface area contributed by atoms with Gasteiger partial charge in [0.15, 0.2) is 10.8 Å². The Morgan fingerprint density at radius 1 is 1.45 bits per heavy atom. The largest absolute Gasteiger partial charge is 0.394 e. The van der Waals surface area contributed by atoms with Crippen LogP contribution in [-0.2, 0) is 10.6 Å². The van der Waals surface area contributed by atoms with Crippen LogP contribution in [0, 0.1) is 5.92 Å². The number of nitrogens with zero attached hydrogens (tertiary/aromatic N) is 4. The number of hydrogen-bond donors (Lipinski definition) is 3. The van der Waals surface area contributed by atoms with Crippen molar-refractivity contribution in [2.75, 3.05) is 6.61 Å². The Hall–Kier alpha value is -1.32. The molecule has 20 heavy (non-hydrogen) atoms. The van der Waals surface area contributed by atoms with Gasteiger partial charge >= 0.3 is 0 Å². The third-order valence-electron chi connectivity index (χ3n) is 3.63. The first-order valence-corrected chi connectivity index (χ1v) is 6.40. The van der Waals surface area contributed by atoms with E-state index in [2.05, 4.69) is 15.0 Å². The molecule has 9 heteroatoms. The maximum absolute atomic E-state index is 10.7. The summed E-state index contributed by atoms with van der Waals surface area (Å²) in [6, 6.07) is 0. The minimum absolute atomic E-state index is 0.155. The molecule has 3 N–H and O–H groups in total. The minimum atomic E-state index is -1.86. The summed E-state index contributed by atoms with van der Waals surface area (Å²) in [6.07, 6.45) is 0.657. The molecule has 1 fully saturated rings. The van der Waals surface area contributed by atoms with Crippen LogP contribution in [0.25, 0.3) is 11.2 Å². The van der Waals surface area contributed by atoms with Crippen molar-refractivity contribution in [1.82, 2.24) is 19.5 Å². The molecular weight excluding hydrogens is 288 g/mol. The van der Waals surface area contributed by atoms with Gasteiger partial charge in [-0.25, -0.2) is 15.0 Å². The number of halogens is 1. The molecule has 0 amide bonds. The maximum Gasteiger partial charge on any atom is 0.261 e. The summed E-state index contributed by atoms with van der Waals surface area (Å²) in [5.74, 6) is -2.55. The quantitative estimate of drug-likeness (QED) is 0.639. The smallest absolute Gasteiger partial charge is 0.261 e. The normalized spacial score (nSPS) is 34.0. The van der Waals surface area contributed by atoms with Crippen molar-refractivity contribution in [2.45, 2.75) is 25.0 Å². The molecule has 4 atom stereocenters. The predicted molar refractivity (Wildman–Crippen MR) is 67.7 cm³/mol. The van der Waals surface area contributed by atoms with Gasteiger partial charge in [0.2, 0.25) is 0 Å². The standard InChI is InChI=1S/C11H13ClN4O4/c1-5-8(18)6(2-17)20-11(5,19)16-4-15-7-9(12)13-3-14-10(7)16/h3-6,8,17-19H,2H2,1H3/t5-,6+,8?,11+/m0/s1. The van der Waals surface area contributed by atoms with Crippen molar-refractivity contribution in [3.8, 4) is 0 Å². The molecule has 3 heterocycles. The molecule has 3 rings (SSSR count). The SMILES string of the molecule is C[C@H]1C(O)[C@@H](CO)O[C@@]1(O)n1cnc2c(Cl)ncnc21. The highest BCUT2D eigenvalue weighted by molar-refractivity contribution is 6.33. The van der Waals surface area contributed by atoms with E-state index in [1.807, 2.05) is 0 Å². The summed E-state index contributed by atoms with van der Waals surface area (Å²) in [5.41, 5.74) is 0.602. The molecule has 0 aliphatic carbocycles. The van der Waals surface area contributed by atoms with E-state index in [1.165, 1.54) is 17.2 Å². The number of fused-ring (bicyclic) bond motifs is 1. The molecule has 1 aliphatic rings. The Morgan fingerprint density at radius 2 is 2.20 bits per heavy atom. The molecule has 0 bridgehead atoms. The fourth-order valence-corrected chi connectivity index (χ4v) is 2.58. The second-order valence-corrected chi connectivity index (χ2v) is 5.09. The highest BCUT2D eigenvalue weighted by atomic mass is 35.5. The molecule has 0 aromatic carbocycles. The van der Waals surface area contributed by atoms with Crippen LogP contribution in [0.4, 0.5) is 0 Å². The minimum Gasteiger partial charge on any atom is -0.394 e. The number of aliphatic hydroxyl groups is 3. The van der Waals surface area contributed by atoms with Gasteiger partial charge in [0.1, 0.15) is 24.3 Å². The summed E-state index contributed by atoms with van der Waals surface area (Å²) in [7, 11) is 0. The van der Waals surface area contributed by atoms with E-state index in [0.29, 0.717) is 5.52 Å². The highest BCUT2D eigenvalue weighted by Gasteiger charge is 2.53. The lowest BCUT2D eigenvalue weighted by molar-refractivity contribution is -0.271. The second-order valence-electron chi connectivity index (χ2n) is 4.73. The van der Waals surface area contributed by atoms with Crippen molar-refractivity contribution < 1.29 is 20.1 Å². The number of ether oxygens (including phenoxy) is 1. The van der Waals surface area contributed by atoms with E-state index in [0.717, 1.165) is 0 Å². The first kappa shape index (κ1) is 13.7. The van der Waals surface area contributed by atoms with Crippen molar-refractivity contribution in [2.24, 2.45) is 5.92 Å². The third kappa shape index (κ3) is 1.73. The molecule has 1 aliphatic heterocycles. The van der Waals surface area contributed by atoms with E-state index >= 15 is 0 Å². The lowest BCUT2D eigenvalue weighted by atomic mass is 10.0. The average molecular weight is 301 g/mol. The third-order valence-corrected chi connectivity index (χ3v) is 3.90. The Balaban J connectivity index is 2.13. The number of hydrogen-bond acceptors (Lipinski definition) is 7. The molecule has 0 spiro atoms. The van der Waals surface area contributed by atoms with Gasteiger partial charge in [-0.2, -0.15) is 0 Å². The van der Waals surface area contributed by atoms with Crippen LogP contribution < -0.4 is 0 Å². The van der Waals surface area contributed by atoms with E-state index in [1.54, 1.807) is 6.92 Å². The van der Waals surface area contributed by atoms with E-state index in [-0.39, 0.29) is 10.8 Å². The maximum atomic E-state index is 10.7. The Kier molecular flexibility index (Phi) is 3.14. The molecular formula is C11H13ClN4O4. The molecule has 1 unspecified atom stereocenters. The Labute approximate surface area is 118 Å². The van der Waals surface area contributed by atoms with Gasteiger partial charge in [-0.15, -0.1) is 0 Å². The zero-order chi connectivity index (χ0) is 14.5. The van der Waals surface area contributed by atoms with Crippen molar-refractivity contribution >= 4 is 22.8 Å². The summed E-state index contributed by atoms with van der Waals surface area (Å²) < 4.78 is 6.67. The average Bonchev–Trinajstić information content (AvgIpc) is 2.96. The van der Waals surface area contributed by atoms with Crippen LogP contribution in [0.15, 0.2) is 12.7 Å².